The molecule has 0 fully saturated rings. The first-order chi connectivity index (χ1) is 7.95. The molecule has 0 spiro atoms. The SMILES string of the molecule is CCC(C)C(N)C(=O)NCc1sc(C)nc1C.Cl. The van der Waals surface area contributed by atoms with Crippen LogP contribution in [0.5, 0.6) is 0 Å². The third kappa shape index (κ3) is 4.55. The van der Waals surface area contributed by atoms with Crippen LogP contribution in [0.2, 0.25) is 0 Å². The number of nitrogens with zero attached hydrogens (tertiary/aromatic N) is 1. The fourth-order valence-electron chi connectivity index (χ4n) is 1.54. The van der Waals surface area contributed by atoms with Gasteiger partial charge in [-0.05, 0) is 19.8 Å². The van der Waals surface area contributed by atoms with Crippen molar-refractivity contribution in [3.05, 3.63) is 15.6 Å². The second-order valence-corrected chi connectivity index (χ2v) is 5.66. The van der Waals surface area contributed by atoms with Crippen molar-refractivity contribution in [3.63, 3.8) is 0 Å². The molecule has 0 aliphatic carbocycles. The third-order valence-electron chi connectivity index (χ3n) is 2.98. The van der Waals surface area contributed by atoms with Gasteiger partial charge in [-0.1, -0.05) is 20.3 Å². The van der Waals surface area contributed by atoms with Crippen LogP contribution in [0.3, 0.4) is 0 Å². The molecule has 4 nitrogen and oxygen atoms in total. The summed E-state index contributed by atoms with van der Waals surface area (Å²) in [5, 5.41) is 3.90. The van der Waals surface area contributed by atoms with E-state index in [-0.39, 0.29) is 24.2 Å². The number of thiazole rings is 1. The lowest BCUT2D eigenvalue weighted by molar-refractivity contribution is -0.123. The maximum Gasteiger partial charge on any atom is 0.237 e. The molecule has 6 heteroatoms. The average molecular weight is 292 g/mol. The maximum absolute atomic E-state index is 11.8. The van der Waals surface area contributed by atoms with Crippen LogP contribution in [0.15, 0.2) is 0 Å². The van der Waals surface area contributed by atoms with Gasteiger partial charge >= 0.3 is 0 Å². The molecule has 1 aromatic heterocycles. The fourth-order valence-corrected chi connectivity index (χ4v) is 2.41. The standard InChI is InChI=1S/C12H21N3OS.ClH/c1-5-7(2)11(13)12(16)14-6-10-8(3)15-9(4)17-10;/h7,11H,5-6,13H2,1-4H3,(H,14,16);1H. The molecule has 0 aromatic carbocycles. The quantitative estimate of drug-likeness (QED) is 0.874. The molecule has 0 aliphatic heterocycles. The third-order valence-corrected chi connectivity index (χ3v) is 4.06. The van der Waals surface area contributed by atoms with Crippen LogP contribution < -0.4 is 11.1 Å². The van der Waals surface area contributed by atoms with E-state index in [1.165, 1.54) is 0 Å². The molecule has 0 saturated carbocycles. The highest BCUT2D eigenvalue weighted by molar-refractivity contribution is 7.11. The molecule has 3 N–H and O–H groups in total. The molecule has 18 heavy (non-hydrogen) atoms. The van der Waals surface area contributed by atoms with Crippen LogP contribution in [-0.4, -0.2) is 16.9 Å². The molecule has 1 heterocycles. The van der Waals surface area contributed by atoms with Gasteiger partial charge in [0.05, 0.1) is 23.3 Å². The van der Waals surface area contributed by atoms with Crippen molar-refractivity contribution >= 4 is 29.7 Å². The van der Waals surface area contributed by atoms with E-state index in [1.807, 2.05) is 27.7 Å². The fraction of sp³-hybridized carbons (Fsp3) is 0.667. The van der Waals surface area contributed by atoms with E-state index >= 15 is 0 Å². The van der Waals surface area contributed by atoms with Crippen LogP contribution in [0, 0.1) is 19.8 Å². The Morgan fingerprint density at radius 1 is 1.50 bits per heavy atom. The molecular weight excluding hydrogens is 270 g/mol. The van der Waals surface area contributed by atoms with Crippen LogP contribution in [0.4, 0.5) is 0 Å². The van der Waals surface area contributed by atoms with E-state index in [0.717, 1.165) is 22.0 Å². The number of aromatic nitrogens is 1. The van der Waals surface area contributed by atoms with Crippen LogP contribution in [0.25, 0.3) is 0 Å². The van der Waals surface area contributed by atoms with Crippen molar-refractivity contribution in [2.24, 2.45) is 11.7 Å². The van der Waals surface area contributed by atoms with Crippen molar-refractivity contribution in [1.29, 1.82) is 0 Å². The summed E-state index contributed by atoms with van der Waals surface area (Å²) in [6.45, 7) is 8.48. The van der Waals surface area contributed by atoms with Crippen LogP contribution >= 0.6 is 23.7 Å². The maximum atomic E-state index is 11.8. The molecule has 0 bridgehead atoms. The Morgan fingerprint density at radius 3 is 2.56 bits per heavy atom. The highest BCUT2D eigenvalue weighted by atomic mass is 35.5. The summed E-state index contributed by atoms with van der Waals surface area (Å²) >= 11 is 1.62. The lowest BCUT2D eigenvalue weighted by atomic mass is 9.99. The summed E-state index contributed by atoms with van der Waals surface area (Å²) in [6, 6.07) is -0.422. The first-order valence-corrected chi connectivity index (χ1v) is 6.73. The van der Waals surface area contributed by atoms with Crippen LogP contribution in [-0.2, 0) is 11.3 Å². The Kier molecular flexibility index (Phi) is 7.43. The zero-order chi connectivity index (χ0) is 13.0. The van der Waals surface area contributed by atoms with Gasteiger partial charge in [-0.2, -0.15) is 0 Å². The van der Waals surface area contributed by atoms with Crippen molar-refractivity contribution in [2.75, 3.05) is 0 Å². The molecule has 1 aromatic rings. The highest BCUT2D eigenvalue weighted by Gasteiger charge is 2.19. The number of halogens is 1. The molecule has 2 unspecified atom stereocenters. The molecular formula is C12H22ClN3OS. The summed E-state index contributed by atoms with van der Waals surface area (Å²) in [5.41, 5.74) is 6.85. The largest absolute Gasteiger partial charge is 0.350 e. The van der Waals surface area contributed by atoms with E-state index in [2.05, 4.69) is 10.3 Å². The second-order valence-electron chi connectivity index (χ2n) is 4.37. The molecule has 104 valence electrons. The van der Waals surface area contributed by atoms with Gasteiger partial charge in [0.2, 0.25) is 5.91 Å². The van der Waals surface area contributed by atoms with E-state index < -0.39 is 6.04 Å². The number of nitrogens with two attached hydrogens (primary N) is 1. The molecule has 2 atom stereocenters. The van der Waals surface area contributed by atoms with Gasteiger partial charge in [0.15, 0.2) is 0 Å². The van der Waals surface area contributed by atoms with Gasteiger partial charge in [-0.25, -0.2) is 4.98 Å². The number of nitrogens with one attached hydrogen (secondary N) is 1. The normalized spacial score (nSPS) is 13.6. The molecule has 0 saturated heterocycles. The minimum absolute atomic E-state index is 0. The predicted octanol–water partition coefficient (Wildman–Crippen LogP) is 2.17. The molecule has 1 rings (SSSR count). The Morgan fingerprint density at radius 2 is 2.11 bits per heavy atom. The summed E-state index contributed by atoms with van der Waals surface area (Å²) in [4.78, 5) is 17.2. The van der Waals surface area contributed by atoms with E-state index in [9.17, 15) is 4.79 Å². The van der Waals surface area contributed by atoms with E-state index in [1.54, 1.807) is 11.3 Å². The van der Waals surface area contributed by atoms with E-state index in [4.69, 9.17) is 5.73 Å². The monoisotopic (exact) mass is 291 g/mol. The first-order valence-electron chi connectivity index (χ1n) is 5.91. The number of hydrogen-bond donors (Lipinski definition) is 2. The summed E-state index contributed by atoms with van der Waals surface area (Å²) < 4.78 is 0. The summed E-state index contributed by atoms with van der Waals surface area (Å²) in [7, 11) is 0. The van der Waals surface area contributed by atoms with Gasteiger partial charge in [-0.15, -0.1) is 23.7 Å². The van der Waals surface area contributed by atoms with Gasteiger partial charge in [-0.3, -0.25) is 4.79 Å². The number of amides is 1. The Hall–Kier alpha value is -0.650. The van der Waals surface area contributed by atoms with Gasteiger partial charge in [0.1, 0.15) is 0 Å². The Labute approximate surface area is 119 Å². The van der Waals surface area contributed by atoms with Gasteiger partial charge in [0.25, 0.3) is 0 Å². The van der Waals surface area contributed by atoms with E-state index in [0.29, 0.717) is 6.54 Å². The topological polar surface area (TPSA) is 68.0 Å². The average Bonchev–Trinajstić information content (AvgIpc) is 2.62. The number of carbonyl (C=O) groups is 1. The first kappa shape index (κ1) is 17.4. The van der Waals surface area contributed by atoms with Crippen molar-refractivity contribution in [3.8, 4) is 0 Å². The molecule has 1 amide bonds. The lowest BCUT2D eigenvalue weighted by Crippen LogP contribution is -2.44. The number of aryl methyl sites for hydroxylation is 2. The van der Waals surface area contributed by atoms with Gasteiger partial charge in [0, 0.05) is 4.88 Å². The number of carbonyl (C=O) groups excluding carboxylic acids is 1. The second kappa shape index (κ2) is 7.71. The Bertz CT molecular complexity index is 395. The summed E-state index contributed by atoms with van der Waals surface area (Å²) in [6.07, 6.45) is 0.910. The molecule has 0 aliphatic rings. The van der Waals surface area contributed by atoms with Crippen molar-refractivity contribution in [2.45, 2.75) is 46.7 Å². The smallest absolute Gasteiger partial charge is 0.237 e. The van der Waals surface area contributed by atoms with Crippen LogP contribution in [0.1, 0.15) is 35.8 Å². The van der Waals surface area contributed by atoms with Crippen molar-refractivity contribution in [1.82, 2.24) is 10.3 Å². The number of rotatable bonds is 5. The summed E-state index contributed by atoms with van der Waals surface area (Å²) in [5.74, 6) is 0.129. The zero-order valence-corrected chi connectivity index (χ0v) is 13.0. The van der Waals surface area contributed by atoms with Crippen molar-refractivity contribution < 1.29 is 4.79 Å². The number of hydrogen-bond acceptors (Lipinski definition) is 4. The minimum Gasteiger partial charge on any atom is -0.350 e. The Balaban J connectivity index is 0.00000289. The minimum atomic E-state index is -0.422. The van der Waals surface area contributed by atoms with Gasteiger partial charge < -0.3 is 11.1 Å². The highest BCUT2D eigenvalue weighted by Crippen LogP contribution is 2.16. The zero-order valence-electron chi connectivity index (χ0n) is 11.3. The predicted molar refractivity (Wildman–Crippen MR) is 78.1 cm³/mol. The lowest BCUT2D eigenvalue weighted by Gasteiger charge is -2.17. The molecule has 0 radical (unpaired) electrons.